The molecule has 4 amide bonds. The zero-order chi connectivity index (χ0) is 15.9. The summed E-state index contributed by atoms with van der Waals surface area (Å²) < 4.78 is 0. The van der Waals surface area contributed by atoms with Crippen LogP contribution in [0.5, 0.6) is 0 Å². The molecule has 22 heavy (non-hydrogen) atoms. The fourth-order valence-electron chi connectivity index (χ4n) is 3.48. The van der Waals surface area contributed by atoms with Crippen LogP contribution in [0.15, 0.2) is 0 Å². The Morgan fingerprint density at radius 1 is 1.36 bits per heavy atom. The van der Waals surface area contributed by atoms with Gasteiger partial charge in [-0.3, -0.25) is 14.5 Å². The van der Waals surface area contributed by atoms with Gasteiger partial charge in [-0.1, -0.05) is 0 Å². The van der Waals surface area contributed by atoms with Gasteiger partial charge in [-0.2, -0.15) is 0 Å². The molecule has 2 heterocycles. The number of nitrogens with zero attached hydrogens (tertiary/aromatic N) is 1. The van der Waals surface area contributed by atoms with E-state index >= 15 is 0 Å². The minimum Gasteiger partial charge on any atom is -0.352 e. The Kier molecular flexibility index (Phi) is 3.84. The molecule has 3 aliphatic rings. The van der Waals surface area contributed by atoms with Gasteiger partial charge in [-0.15, -0.1) is 0 Å². The largest absolute Gasteiger partial charge is 0.352 e. The SMILES string of the molecule is CC1CC(NC(=O)CN2C(=O)NC(C)(C3CC3)C2=O)CCN1. The standard InChI is InChI=1S/C15H24N4O3/c1-9-7-11(5-6-16-9)17-12(20)8-19-13(21)15(2,10-3-4-10)18-14(19)22/h9-11,16H,3-8H2,1-2H3,(H,17,20)(H,18,22). The summed E-state index contributed by atoms with van der Waals surface area (Å²) in [4.78, 5) is 37.7. The van der Waals surface area contributed by atoms with Crippen molar-refractivity contribution in [3.05, 3.63) is 0 Å². The average molecular weight is 308 g/mol. The van der Waals surface area contributed by atoms with Crippen molar-refractivity contribution in [3.63, 3.8) is 0 Å². The molecular weight excluding hydrogens is 284 g/mol. The Labute approximate surface area is 130 Å². The molecule has 7 heteroatoms. The quantitative estimate of drug-likeness (QED) is 0.636. The molecule has 3 rings (SSSR count). The van der Waals surface area contributed by atoms with Crippen LogP contribution in [0.2, 0.25) is 0 Å². The van der Waals surface area contributed by atoms with Crippen LogP contribution in [0.3, 0.4) is 0 Å². The number of carbonyl (C=O) groups is 3. The van der Waals surface area contributed by atoms with Crippen molar-refractivity contribution in [3.8, 4) is 0 Å². The van der Waals surface area contributed by atoms with Gasteiger partial charge in [0.05, 0.1) is 0 Å². The third-order valence-corrected chi connectivity index (χ3v) is 4.99. The molecule has 3 N–H and O–H groups in total. The molecule has 122 valence electrons. The zero-order valence-corrected chi connectivity index (χ0v) is 13.1. The first-order valence-corrected chi connectivity index (χ1v) is 8.07. The van der Waals surface area contributed by atoms with E-state index in [4.69, 9.17) is 0 Å². The van der Waals surface area contributed by atoms with Crippen molar-refractivity contribution >= 4 is 17.8 Å². The summed E-state index contributed by atoms with van der Waals surface area (Å²) in [5, 5.41) is 9.01. The lowest BCUT2D eigenvalue weighted by Crippen LogP contribution is -2.50. The molecule has 3 fully saturated rings. The van der Waals surface area contributed by atoms with Gasteiger partial charge in [-0.05, 0) is 52.0 Å². The lowest BCUT2D eigenvalue weighted by atomic mass is 9.96. The summed E-state index contributed by atoms with van der Waals surface area (Å²) in [7, 11) is 0. The maximum Gasteiger partial charge on any atom is 0.325 e. The molecule has 0 aromatic carbocycles. The molecule has 3 unspecified atom stereocenters. The number of urea groups is 1. The number of hydrogen-bond donors (Lipinski definition) is 3. The van der Waals surface area contributed by atoms with Crippen LogP contribution in [0.1, 0.15) is 39.5 Å². The van der Waals surface area contributed by atoms with E-state index in [1.165, 1.54) is 0 Å². The third kappa shape index (κ3) is 2.82. The highest BCUT2D eigenvalue weighted by Crippen LogP contribution is 2.42. The van der Waals surface area contributed by atoms with E-state index in [1.807, 2.05) is 0 Å². The number of hydrogen-bond acceptors (Lipinski definition) is 4. The number of nitrogens with one attached hydrogen (secondary N) is 3. The smallest absolute Gasteiger partial charge is 0.325 e. The summed E-state index contributed by atoms with van der Waals surface area (Å²) in [5.41, 5.74) is -0.819. The van der Waals surface area contributed by atoms with E-state index in [-0.39, 0.29) is 30.3 Å². The van der Waals surface area contributed by atoms with Gasteiger partial charge in [0.1, 0.15) is 12.1 Å². The topological polar surface area (TPSA) is 90.5 Å². The number of amides is 4. The fraction of sp³-hybridized carbons (Fsp3) is 0.800. The summed E-state index contributed by atoms with van der Waals surface area (Å²) in [6.07, 6.45) is 3.65. The van der Waals surface area contributed by atoms with E-state index < -0.39 is 11.6 Å². The summed E-state index contributed by atoms with van der Waals surface area (Å²) >= 11 is 0. The Morgan fingerprint density at radius 2 is 2.09 bits per heavy atom. The van der Waals surface area contributed by atoms with Crippen LogP contribution in [-0.4, -0.2) is 53.5 Å². The molecule has 0 spiro atoms. The summed E-state index contributed by atoms with van der Waals surface area (Å²) in [6.45, 7) is 4.52. The molecule has 7 nitrogen and oxygen atoms in total. The Balaban J connectivity index is 1.57. The van der Waals surface area contributed by atoms with Crippen LogP contribution >= 0.6 is 0 Å². The maximum absolute atomic E-state index is 12.5. The second-order valence-electron chi connectivity index (χ2n) is 6.94. The molecule has 1 aliphatic carbocycles. The first-order valence-electron chi connectivity index (χ1n) is 8.07. The molecule has 2 aliphatic heterocycles. The van der Waals surface area contributed by atoms with Crippen molar-refractivity contribution in [1.82, 2.24) is 20.9 Å². The summed E-state index contributed by atoms with van der Waals surface area (Å²) in [6, 6.07) is 0.0292. The first kappa shape index (κ1) is 15.3. The Hall–Kier alpha value is -1.63. The van der Waals surface area contributed by atoms with E-state index in [0.717, 1.165) is 37.1 Å². The highest BCUT2D eigenvalue weighted by Gasteiger charge is 2.56. The van der Waals surface area contributed by atoms with Crippen molar-refractivity contribution < 1.29 is 14.4 Å². The van der Waals surface area contributed by atoms with Crippen molar-refractivity contribution in [2.75, 3.05) is 13.1 Å². The van der Waals surface area contributed by atoms with Crippen LogP contribution in [0.4, 0.5) is 4.79 Å². The molecule has 2 saturated heterocycles. The zero-order valence-electron chi connectivity index (χ0n) is 13.1. The van der Waals surface area contributed by atoms with Gasteiger partial charge < -0.3 is 16.0 Å². The predicted molar refractivity (Wildman–Crippen MR) is 80.0 cm³/mol. The first-order chi connectivity index (χ1) is 10.4. The van der Waals surface area contributed by atoms with Gasteiger partial charge in [-0.25, -0.2) is 4.79 Å². The highest BCUT2D eigenvalue weighted by molar-refractivity contribution is 6.09. The number of piperidine rings is 1. The Morgan fingerprint density at radius 3 is 2.73 bits per heavy atom. The van der Waals surface area contributed by atoms with Crippen LogP contribution < -0.4 is 16.0 Å². The van der Waals surface area contributed by atoms with E-state index in [2.05, 4.69) is 22.9 Å². The van der Waals surface area contributed by atoms with Gasteiger partial charge >= 0.3 is 6.03 Å². The normalized spacial score (nSPS) is 35.5. The fourth-order valence-corrected chi connectivity index (χ4v) is 3.48. The van der Waals surface area contributed by atoms with Crippen molar-refractivity contribution in [1.29, 1.82) is 0 Å². The molecule has 0 aromatic rings. The van der Waals surface area contributed by atoms with Gasteiger partial charge in [0.2, 0.25) is 5.91 Å². The number of carbonyl (C=O) groups excluding carboxylic acids is 3. The van der Waals surface area contributed by atoms with Gasteiger partial charge in [0.15, 0.2) is 0 Å². The minimum absolute atomic E-state index is 0.110. The average Bonchev–Trinajstić information content (AvgIpc) is 3.25. The maximum atomic E-state index is 12.5. The van der Waals surface area contributed by atoms with Crippen molar-refractivity contribution in [2.24, 2.45) is 5.92 Å². The lowest BCUT2D eigenvalue weighted by molar-refractivity contribution is -0.135. The lowest BCUT2D eigenvalue weighted by Gasteiger charge is -2.29. The molecular formula is C15H24N4O3. The molecule has 1 saturated carbocycles. The predicted octanol–water partition coefficient (Wildman–Crippen LogP) is -0.0364. The summed E-state index contributed by atoms with van der Waals surface area (Å²) in [5.74, 6) is -0.321. The highest BCUT2D eigenvalue weighted by atomic mass is 16.2. The van der Waals surface area contributed by atoms with Gasteiger partial charge in [0, 0.05) is 12.1 Å². The van der Waals surface area contributed by atoms with Crippen LogP contribution in [0, 0.1) is 5.92 Å². The van der Waals surface area contributed by atoms with Crippen LogP contribution in [-0.2, 0) is 9.59 Å². The molecule has 0 bridgehead atoms. The van der Waals surface area contributed by atoms with E-state index in [1.54, 1.807) is 6.92 Å². The number of imide groups is 1. The van der Waals surface area contributed by atoms with E-state index in [0.29, 0.717) is 6.04 Å². The monoisotopic (exact) mass is 308 g/mol. The Bertz CT molecular complexity index is 505. The molecule has 0 aromatic heterocycles. The number of rotatable bonds is 4. The molecule has 3 atom stereocenters. The second kappa shape index (κ2) is 5.53. The van der Waals surface area contributed by atoms with E-state index in [9.17, 15) is 14.4 Å². The second-order valence-corrected chi connectivity index (χ2v) is 6.94. The van der Waals surface area contributed by atoms with Gasteiger partial charge in [0.25, 0.3) is 5.91 Å². The van der Waals surface area contributed by atoms with Crippen LogP contribution in [0.25, 0.3) is 0 Å². The van der Waals surface area contributed by atoms with Crippen molar-refractivity contribution in [2.45, 2.75) is 57.2 Å². The molecule has 0 radical (unpaired) electrons. The minimum atomic E-state index is -0.819. The third-order valence-electron chi connectivity index (χ3n) is 4.99.